The van der Waals surface area contributed by atoms with Crippen LogP contribution in [-0.4, -0.2) is 39.1 Å². The van der Waals surface area contributed by atoms with Gasteiger partial charge in [0.15, 0.2) is 0 Å². The zero-order valence-electron chi connectivity index (χ0n) is 10.2. The molecule has 1 aliphatic heterocycles. The Labute approximate surface area is 99.6 Å². The number of likely N-dealkylation sites (N-methyl/N-ethyl adjacent to an activating group) is 1. The normalized spacial score (nSPS) is 20.2. The summed E-state index contributed by atoms with van der Waals surface area (Å²) < 4.78 is 1.68. The van der Waals surface area contributed by atoms with Gasteiger partial charge >= 0.3 is 0 Å². The molecule has 2 amide bonds. The molecule has 2 rings (SSSR count). The lowest BCUT2D eigenvalue weighted by atomic mass is 10.2. The van der Waals surface area contributed by atoms with Gasteiger partial charge in [-0.3, -0.25) is 19.2 Å². The molecular formula is C11H16N4O2. The maximum atomic E-state index is 11.9. The van der Waals surface area contributed by atoms with E-state index in [1.54, 1.807) is 11.6 Å². The van der Waals surface area contributed by atoms with Gasteiger partial charge in [0.1, 0.15) is 6.04 Å². The van der Waals surface area contributed by atoms with Crippen molar-refractivity contribution in [3.8, 4) is 0 Å². The number of carbonyl (C=O) groups is 2. The van der Waals surface area contributed by atoms with Crippen LogP contribution in [0.4, 0.5) is 5.69 Å². The second-order valence-electron chi connectivity index (χ2n) is 4.18. The Morgan fingerprint density at radius 2 is 2.24 bits per heavy atom. The minimum Gasteiger partial charge on any atom is -0.370 e. The molecule has 1 atom stereocenters. The Morgan fingerprint density at radius 3 is 2.71 bits per heavy atom. The number of amides is 2. The van der Waals surface area contributed by atoms with E-state index in [-0.39, 0.29) is 18.2 Å². The van der Waals surface area contributed by atoms with Crippen LogP contribution in [0.3, 0.4) is 0 Å². The topological polar surface area (TPSA) is 67.2 Å². The van der Waals surface area contributed by atoms with Gasteiger partial charge in [-0.25, -0.2) is 0 Å². The molecule has 0 aliphatic carbocycles. The third-order valence-electron chi connectivity index (χ3n) is 2.90. The number of likely N-dealkylation sites (tertiary alicyclic amines) is 1. The lowest BCUT2D eigenvalue weighted by Gasteiger charge is -2.13. The summed E-state index contributed by atoms with van der Waals surface area (Å²) in [5, 5.41) is 7.26. The molecule has 0 bridgehead atoms. The van der Waals surface area contributed by atoms with Gasteiger partial charge in [0.2, 0.25) is 5.91 Å². The molecule has 1 N–H and O–H groups in total. The summed E-state index contributed by atoms with van der Waals surface area (Å²) >= 11 is 0. The molecule has 0 spiro atoms. The fourth-order valence-corrected chi connectivity index (χ4v) is 2.06. The molecule has 2 heterocycles. The van der Waals surface area contributed by atoms with Gasteiger partial charge in [-0.05, 0) is 13.8 Å². The van der Waals surface area contributed by atoms with Crippen LogP contribution < -0.4 is 5.32 Å². The van der Waals surface area contributed by atoms with Crippen molar-refractivity contribution in [3.63, 3.8) is 0 Å². The highest BCUT2D eigenvalue weighted by Crippen LogP contribution is 2.19. The maximum Gasteiger partial charge on any atom is 0.252 e. The van der Waals surface area contributed by atoms with E-state index in [1.165, 1.54) is 4.90 Å². The highest BCUT2D eigenvalue weighted by molar-refractivity contribution is 6.06. The number of aryl methyl sites for hydroxylation is 2. The van der Waals surface area contributed by atoms with E-state index >= 15 is 0 Å². The van der Waals surface area contributed by atoms with Crippen LogP contribution in [0.1, 0.15) is 19.0 Å². The number of anilines is 1. The molecule has 1 unspecified atom stereocenters. The van der Waals surface area contributed by atoms with Gasteiger partial charge < -0.3 is 5.32 Å². The fraction of sp³-hybridized carbons (Fsp3) is 0.545. The summed E-state index contributed by atoms with van der Waals surface area (Å²) in [5.74, 6) is -0.266. The predicted molar refractivity (Wildman–Crippen MR) is 62.4 cm³/mol. The predicted octanol–water partition coefficient (Wildman–Crippen LogP) is 0.288. The van der Waals surface area contributed by atoms with Crippen LogP contribution in [0.25, 0.3) is 0 Å². The van der Waals surface area contributed by atoms with E-state index in [0.717, 1.165) is 11.4 Å². The molecule has 1 fully saturated rings. The second kappa shape index (κ2) is 4.20. The molecule has 92 valence electrons. The third kappa shape index (κ3) is 2.02. The maximum absolute atomic E-state index is 11.9. The van der Waals surface area contributed by atoms with Gasteiger partial charge in [0.25, 0.3) is 5.91 Å². The minimum atomic E-state index is -0.453. The molecule has 1 aromatic heterocycles. The fourth-order valence-electron chi connectivity index (χ4n) is 2.06. The number of aromatic nitrogens is 2. The van der Waals surface area contributed by atoms with Crippen molar-refractivity contribution in [2.75, 3.05) is 11.9 Å². The number of nitrogens with zero attached hydrogens (tertiary/aromatic N) is 3. The average Bonchev–Trinajstić information content (AvgIpc) is 2.69. The van der Waals surface area contributed by atoms with Crippen molar-refractivity contribution in [3.05, 3.63) is 11.9 Å². The van der Waals surface area contributed by atoms with E-state index in [4.69, 9.17) is 0 Å². The average molecular weight is 236 g/mol. The zero-order valence-corrected chi connectivity index (χ0v) is 10.2. The van der Waals surface area contributed by atoms with Crippen molar-refractivity contribution in [2.45, 2.75) is 26.3 Å². The van der Waals surface area contributed by atoms with Crippen molar-refractivity contribution in [1.29, 1.82) is 0 Å². The van der Waals surface area contributed by atoms with Gasteiger partial charge in [-0.15, -0.1) is 0 Å². The Kier molecular flexibility index (Phi) is 2.87. The number of hydrogen-bond acceptors (Lipinski definition) is 4. The Hall–Kier alpha value is -1.85. The Balaban J connectivity index is 2.13. The number of hydrogen-bond donors (Lipinski definition) is 1. The standard InChI is InChI=1S/C11H16N4O2/c1-4-15-10(16)5-8(11(15)17)12-9-6-14(3)13-7(9)2/h6,8,12H,4-5H2,1-3H3. The summed E-state index contributed by atoms with van der Waals surface area (Å²) in [6.45, 7) is 4.09. The number of rotatable bonds is 3. The number of nitrogens with one attached hydrogen (secondary N) is 1. The van der Waals surface area contributed by atoms with Crippen molar-refractivity contribution >= 4 is 17.5 Å². The Bertz CT molecular complexity index is 466. The van der Waals surface area contributed by atoms with E-state index < -0.39 is 6.04 Å². The van der Waals surface area contributed by atoms with Crippen LogP contribution in [-0.2, 0) is 16.6 Å². The summed E-state index contributed by atoms with van der Waals surface area (Å²) in [6.07, 6.45) is 2.03. The molecule has 0 radical (unpaired) electrons. The smallest absolute Gasteiger partial charge is 0.252 e. The number of imide groups is 1. The van der Waals surface area contributed by atoms with Gasteiger partial charge in [0, 0.05) is 19.8 Å². The highest BCUT2D eigenvalue weighted by Gasteiger charge is 2.37. The monoisotopic (exact) mass is 236 g/mol. The highest BCUT2D eigenvalue weighted by atomic mass is 16.2. The lowest BCUT2D eigenvalue weighted by molar-refractivity contribution is -0.138. The van der Waals surface area contributed by atoms with E-state index in [2.05, 4.69) is 10.4 Å². The van der Waals surface area contributed by atoms with E-state index in [1.807, 2.05) is 20.2 Å². The molecule has 0 aromatic carbocycles. The van der Waals surface area contributed by atoms with Crippen molar-refractivity contribution in [1.82, 2.24) is 14.7 Å². The van der Waals surface area contributed by atoms with E-state index in [0.29, 0.717) is 6.54 Å². The zero-order chi connectivity index (χ0) is 12.6. The summed E-state index contributed by atoms with van der Waals surface area (Å²) in [4.78, 5) is 24.7. The molecule has 6 heteroatoms. The van der Waals surface area contributed by atoms with Crippen molar-refractivity contribution < 1.29 is 9.59 Å². The second-order valence-corrected chi connectivity index (χ2v) is 4.18. The van der Waals surface area contributed by atoms with Crippen molar-refractivity contribution in [2.24, 2.45) is 7.05 Å². The quantitative estimate of drug-likeness (QED) is 0.766. The molecular weight excluding hydrogens is 220 g/mol. The van der Waals surface area contributed by atoms with E-state index in [9.17, 15) is 9.59 Å². The first kappa shape index (κ1) is 11.6. The first-order valence-electron chi connectivity index (χ1n) is 5.64. The molecule has 1 saturated heterocycles. The third-order valence-corrected chi connectivity index (χ3v) is 2.90. The van der Waals surface area contributed by atoms with Gasteiger partial charge in [-0.2, -0.15) is 5.10 Å². The van der Waals surface area contributed by atoms with Crippen LogP contribution >= 0.6 is 0 Å². The van der Waals surface area contributed by atoms with Crippen LogP contribution in [0.5, 0.6) is 0 Å². The van der Waals surface area contributed by atoms with Gasteiger partial charge in [-0.1, -0.05) is 0 Å². The minimum absolute atomic E-state index is 0.114. The summed E-state index contributed by atoms with van der Waals surface area (Å²) in [7, 11) is 1.82. The molecule has 1 aliphatic rings. The van der Waals surface area contributed by atoms with Gasteiger partial charge in [0.05, 0.1) is 17.8 Å². The Morgan fingerprint density at radius 1 is 1.53 bits per heavy atom. The summed E-state index contributed by atoms with van der Waals surface area (Å²) in [6, 6.07) is -0.453. The molecule has 6 nitrogen and oxygen atoms in total. The first-order valence-corrected chi connectivity index (χ1v) is 5.64. The van der Waals surface area contributed by atoms with Crippen LogP contribution in [0, 0.1) is 6.92 Å². The molecule has 17 heavy (non-hydrogen) atoms. The summed E-state index contributed by atoms with van der Waals surface area (Å²) in [5.41, 5.74) is 1.62. The van der Waals surface area contributed by atoms with Crippen LogP contribution in [0.15, 0.2) is 6.20 Å². The lowest BCUT2D eigenvalue weighted by Crippen LogP contribution is -2.34. The molecule has 1 aromatic rings. The number of carbonyl (C=O) groups excluding carboxylic acids is 2. The first-order chi connectivity index (χ1) is 8.02. The van der Waals surface area contributed by atoms with Crippen LogP contribution in [0.2, 0.25) is 0 Å². The molecule has 0 saturated carbocycles. The largest absolute Gasteiger partial charge is 0.370 e. The SMILES string of the molecule is CCN1C(=O)CC(Nc2cn(C)nc2C)C1=O.